The SMILES string of the molecule is CCC(C)P(N)(=O)Oc1ccccc1Cl. The highest BCUT2D eigenvalue weighted by Gasteiger charge is 2.26. The van der Waals surface area contributed by atoms with Gasteiger partial charge in [0.2, 0.25) is 0 Å². The molecule has 0 bridgehead atoms. The van der Waals surface area contributed by atoms with Crippen LogP contribution in [0.3, 0.4) is 0 Å². The molecule has 0 spiro atoms. The van der Waals surface area contributed by atoms with Crippen LogP contribution in [0.5, 0.6) is 5.75 Å². The molecule has 5 heteroatoms. The van der Waals surface area contributed by atoms with E-state index in [9.17, 15) is 4.57 Å². The molecule has 0 amide bonds. The van der Waals surface area contributed by atoms with Crippen LogP contribution in [0.4, 0.5) is 0 Å². The molecule has 0 aliphatic rings. The monoisotopic (exact) mass is 247 g/mol. The predicted octanol–water partition coefficient (Wildman–Crippen LogP) is 3.67. The van der Waals surface area contributed by atoms with Gasteiger partial charge in [-0.1, -0.05) is 37.6 Å². The molecule has 2 atom stereocenters. The molecule has 1 rings (SSSR count). The van der Waals surface area contributed by atoms with Crippen LogP contribution in [0.15, 0.2) is 24.3 Å². The smallest absolute Gasteiger partial charge is 0.316 e. The molecule has 0 aliphatic heterocycles. The van der Waals surface area contributed by atoms with Gasteiger partial charge >= 0.3 is 7.52 Å². The number of hydrogen-bond acceptors (Lipinski definition) is 2. The minimum atomic E-state index is -3.12. The lowest BCUT2D eigenvalue weighted by atomic mass is 10.3. The molecule has 1 aromatic carbocycles. The average molecular weight is 248 g/mol. The average Bonchev–Trinajstić information content (AvgIpc) is 2.20. The summed E-state index contributed by atoms with van der Waals surface area (Å²) in [6.45, 7) is 3.72. The van der Waals surface area contributed by atoms with E-state index in [-0.39, 0.29) is 5.66 Å². The highest BCUT2D eigenvalue weighted by atomic mass is 35.5. The zero-order valence-electron chi connectivity index (χ0n) is 8.81. The highest BCUT2D eigenvalue weighted by molar-refractivity contribution is 7.57. The van der Waals surface area contributed by atoms with Crippen molar-refractivity contribution in [1.82, 2.24) is 0 Å². The number of rotatable bonds is 4. The van der Waals surface area contributed by atoms with Gasteiger partial charge in [0.1, 0.15) is 5.75 Å². The summed E-state index contributed by atoms with van der Waals surface area (Å²) < 4.78 is 17.3. The van der Waals surface area contributed by atoms with E-state index in [2.05, 4.69) is 0 Å². The largest absolute Gasteiger partial charge is 0.431 e. The highest BCUT2D eigenvalue weighted by Crippen LogP contribution is 2.46. The molecule has 0 heterocycles. The Morgan fingerprint density at radius 1 is 1.53 bits per heavy atom. The molecule has 0 radical (unpaired) electrons. The van der Waals surface area contributed by atoms with Crippen LogP contribution in [-0.2, 0) is 4.57 Å². The number of nitrogens with two attached hydrogens (primary N) is 1. The van der Waals surface area contributed by atoms with Crippen molar-refractivity contribution in [1.29, 1.82) is 0 Å². The van der Waals surface area contributed by atoms with Gasteiger partial charge in [-0.15, -0.1) is 0 Å². The fourth-order valence-corrected chi connectivity index (χ4v) is 2.40. The summed E-state index contributed by atoms with van der Waals surface area (Å²) in [6.07, 6.45) is 0.707. The Kier molecular flexibility index (Phi) is 4.21. The Hall–Kier alpha value is -0.500. The van der Waals surface area contributed by atoms with Crippen LogP contribution >= 0.6 is 19.1 Å². The van der Waals surface area contributed by atoms with E-state index in [0.717, 1.165) is 0 Å². The maximum atomic E-state index is 12.0. The summed E-state index contributed by atoms with van der Waals surface area (Å²) in [7, 11) is -3.12. The predicted molar refractivity (Wildman–Crippen MR) is 63.6 cm³/mol. The third-order valence-electron chi connectivity index (χ3n) is 2.28. The molecular formula is C10H15ClNO2P. The summed E-state index contributed by atoms with van der Waals surface area (Å²) in [4.78, 5) is 0. The molecule has 1 aromatic rings. The molecule has 84 valence electrons. The Morgan fingerprint density at radius 2 is 2.13 bits per heavy atom. The first-order valence-corrected chi connectivity index (χ1v) is 6.94. The molecular weight excluding hydrogens is 233 g/mol. The molecule has 0 aliphatic carbocycles. The van der Waals surface area contributed by atoms with Gasteiger partial charge in [-0.2, -0.15) is 0 Å². The van der Waals surface area contributed by atoms with Crippen molar-refractivity contribution in [2.24, 2.45) is 5.50 Å². The van der Waals surface area contributed by atoms with Gasteiger partial charge in [0, 0.05) is 0 Å². The van der Waals surface area contributed by atoms with Crippen molar-refractivity contribution >= 4 is 19.1 Å². The van der Waals surface area contributed by atoms with Crippen molar-refractivity contribution in [3.8, 4) is 5.75 Å². The van der Waals surface area contributed by atoms with E-state index in [0.29, 0.717) is 17.2 Å². The lowest BCUT2D eigenvalue weighted by Crippen LogP contribution is -2.14. The fourth-order valence-electron chi connectivity index (χ4n) is 1.02. The Labute approximate surface area is 95.1 Å². The zero-order valence-corrected chi connectivity index (χ0v) is 10.5. The van der Waals surface area contributed by atoms with E-state index >= 15 is 0 Å². The third kappa shape index (κ3) is 3.23. The Morgan fingerprint density at radius 3 is 2.67 bits per heavy atom. The maximum absolute atomic E-state index is 12.0. The maximum Gasteiger partial charge on any atom is 0.316 e. The van der Waals surface area contributed by atoms with Crippen LogP contribution in [0.2, 0.25) is 5.02 Å². The van der Waals surface area contributed by atoms with Gasteiger partial charge in [0.15, 0.2) is 0 Å². The van der Waals surface area contributed by atoms with Gasteiger partial charge in [0.25, 0.3) is 0 Å². The topological polar surface area (TPSA) is 52.3 Å². The normalized spacial score (nSPS) is 16.8. The first-order chi connectivity index (χ1) is 6.97. The summed E-state index contributed by atoms with van der Waals surface area (Å²) in [6, 6.07) is 6.87. The summed E-state index contributed by atoms with van der Waals surface area (Å²) >= 11 is 5.88. The van der Waals surface area contributed by atoms with Crippen molar-refractivity contribution in [3.63, 3.8) is 0 Å². The van der Waals surface area contributed by atoms with Gasteiger partial charge in [-0.05, 0) is 18.6 Å². The zero-order chi connectivity index (χ0) is 11.5. The van der Waals surface area contributed by atoms with E-state index in [4.69, 9.17) is 21.6 Å². The quantitative estimate of drug-likeness (QED) is 0.826. The summed E-state index contributed by atoms with van der Waals surface area (Å²) in [5.74, 6) is 0.380. The number of halogens is 1. The molecule has 2 unspecified atom stereocenters. The third-order valence-corrected chi connectivity index (χ3v) is 4.67. The lowest BCUT2D eigenvalue weighted by Gasteiger charge is -2.20. The number of para-hydroxylation sites is 1. The van der Waals surface area contributed by atoms with Crippen molar-refractivity contribution in [3.05, 3.63) is 29.3 Å². The Bertz CT molecular complexity index is 383. The standard InChI is InChI=1S/C10H15ClNO2P/c1-3-8(2)15(12,13)14-10-7-5-4-6-9(10)11/h4-8H,3H2,1-2H3,(H2,12,13). The number of benzene rings is 1. The van der Waals surface area contributed by atoms with Crippen LogP contribution in [0.1, 0.15) is 20.3 Å². The van der Waals surface area contributed by atoms with Gasteiger partial charge in [-0.25, -0.2) is 5.50 Å². The van der Waals surface area contributed by atoms with Crippen molar-refractivity contribution in [2.45, 2.75) is 25.9 Å². The second-order valence-corrected chi connectivity index (χ2v) is 6.19. The van der Waals surface area contributed by atoms with Crippen LogP contribution in [0.25, 0.3) is 0 Å². The van der Waals surface area contributed by atoms with E-state index in [1.54, 1.807) is 31.2 Å². The Balaban J connectivity index is 2.87. The number of hydrogen-bond donors (Lipinski definition) is 1. The van der Waals surface area contributed by atoms with Gasteiger partial charge in [-0.3, -0.25) is 4.57 Å². The van der Waals surface area contributed by atoms with Gasteiger partial charge < -0.3 is 4.52 Å². The van der Waals surface area contributed by atoms with Crippen LogP contribution in [0, 0.1) is 0 Å². The molecule has 0 saturated heterocycles. The molecule has 3 nitrogen and oxygen atoms in total. The van der Waals surface area contributed by atoms with Crippen LogP contribution in [-0.4, -0.2) is 5.66 Å². The second kappa shape index (κ2) is 5.02. The van der Waals surface area contributed by atoms with Crippen molar-refractivity contribution in [2.75, 3.05) is 0 Å². The first-order valence-electron chi connectivity index (χ1n) is 4.79. The van der Waals surface area contributed by atoms with E-state index < -0.39 is 7.52 Å². The molecule has 0 saturated carbocycles. The van der Waals surface area contributed by atoms with Crippen molar-refractivity contribution < 1.29 is 9.09 Å². The summed E-state index contributed by atoms with van der Waals surface area (Å²) in [5, 5.41) is 0.423. The molecule has 0 aromatic heterocycles. The first kappa shape index (κ1) is 12.6. The minimum absolute atomic E-state index is 0.172. The van der Waals surface area contributed by atoms with Crippen LogP contribution < -0.4 is 10.0 Å². The lowest BCUT2D eigenvalue weighted by molar-refractivity contribution is 0.469. The van der Waals surface area contributed by atoms with E-state index in [1.807, 2.05) is 6.92 Å². The summed E-state index contributed by atoms with van der Waals surface area (Å²) in [5.41, 5.74) is 5.47. The van der Waals surface area contributed by atoms with E-state index in [1.165, 1.54) is 0 Å². The molecule has 15 heavy (non-hydrogen) atoms. The second-order valence-electron chi connectivity index (χ2n) is 3.42. The molecule has 0 fully saturated rings. The minimum Gasteiger partial charge on any atom is -0.431 e. The van der Waals surface area contributed by atoms with Gasteiger partial charge in [0.05, 0.1) is 10.7 Å². The fraction of sp³-hybridized carbons (Fsp3) is 0.400. The molecule has 2 N–H and O–H groups in total.